The zero-order valence-electron chi connectivity index (χ0n) is 13.8. The lowest BCUT2D eigenvalue weighted by molar-refractivity contribution is 0.242. The molecule has 0 aliphatic heterocycles. The lowest BCUT2D eigenvalue weighted by Gasteiger charge is -2.10. The van der Waals surface area contributed by atoms with Gasteiger partial charge >= 0.3 is 0 Å². The Hall–Kier alpha value is -2.44. The molecule has 1 heterocycles. The molecule has 3 rings (SSSR count). The number of H-pyrrole nitrogens is 1. The van der Waals surface area contributed by atoms with Gasteiger partial charge in [0.05, 0.1) is 12.3 Å². The topological polar surface area (TPSA) is 55.2 Å². The van der Waals surface area contributed by atoms with Crippen molar-refractivity contribution < 1.29 is 4.74 Å². The van der Waals surface area contributed by atoms with Gasteiger partial charge in [-0.15, -0.1) is 0 Å². The maximum absolute atomic E-state index is 6.16. The van der Waals surface area contributed by atoms with E-state index in [2.05, 4.69) is 15.3 Å². The van der Waals surface area contributed by atoms with Crippen LogP contribution in [-0.2, 0) is 0 Å². The molecule has 25 heavy (non-hydrogen) atoms. The number of rotatable bonds is 5. The van der Waals surface area contributed by atoms with Crippen LogP contribution < -0.4 is 4.74 Å². The minimum Gasteiger partial charge on any atom is -0.491 e. The van der Waals surface area contributed by atoms with Crippen molar-refractivity contribution in [2.75, 3.05) is 0 Å². The molecule has 0 fully saturated rings. The van der Waals surface area contributed by atoms with Crippen LogP contribution in [0.2, 0.25) is 5.02 Å². The third kappa shape index (κ3) is 4.15. The number of benzene rings is 2. The van der Waals surface area contributed by atoms with Crippen molar-refractivity contribution in [3.63, 3.8) is 0 Å². The quantitative estimate of drug-likeness (QED) is 0.510. The molecule has 0 spiro atoms. The van der Waals surface area contributed by atoms with Crippen molar-refractivity contribution in [1.82, 2.24) is 14.9 Å². The summed E-state index contributed by atoms with van der Waals surface area (Å²) in [5.74, 6) is 1.37. The molecule has 2 aromatic carbocycles. The summed E-state index contributed by atoms with van der Waals surface area (Å²) in [6.07, 6.45) is 1.75. The maximum atomic E-state index is 6.16. The van der Waals surface area contributed by atoms with E-state index in [1.54, 1.807) is 10.9 Å². The summed E-state index contributed by atoms with van der Waals surface area (Å²) >= 11 is 11.5. The number of nitrogens with zero attached hydrogens (tertiary/aromatic N) is 3. The van der Waals surface area contributed by atoms with Crippen molar-refractivity contribution >= 4 is 30.0 Å². The highest BCUT2D eigenvalue weighted by atomic mass is 35.5. The van der Waals surface area contributed by atoms with Crippen LogP contribution in [0.4, 0.5) is 0 Å². The molecule has 0 amide bonds. The number of ether oxygens (including phenoxy) is 1. The molecule has 0 unspecified atom stereocenters. The van der Waals surface area contributed by atoms with Crippen molar-refractivity contribution in [3.8, 4) is 17.1 Å². The summed E-state index contributed by atoms with van der Waals surface area (Å²) < 4.78 is 7.70. The van der Waals surface area contributed by atoms with Crippen LogP contribution in [0.1, 0.15) is 19.4 Å². The predicted octanol–water partition coefficient (Wildman–Crippen LogP) is 4.93. The van der Waals surface area contributed by atoms with Gasteiger partial charge in [-0.2, -0.15) is 14.9 Å². The normalized spacial score (nSPS) is 11.4. The summed E-state index contributed by atoms with van der Waals surface area (Å²) in [7, 11) is 0. The minimum atomic E-state index is 0.0920. The summed E-state index contributed by atoms with van der Waals surface area (Å²) in [5, 5.41) is 12.1. The van der Waals surface area contributed by atoms with Gasteiger partial charge in [-0.25, -0.2) is 5.10 Å². The fourth-order valence-electron chi connectivity index (χ4n) is 2.27. The van der Waals surface area contributed by atoms with Crippen LogP contribution in [0, 0.1) is 4.77 Å². The molecular formula is C18H17ClN4OS. The molecule has 0 aliphatic carbocycles. The largest absolute Gasteiger partial charge is 0.491 e. The molecule has 0 aliphatic rings. The predicted molar refractivity (Wildman–Crippen MR) is 103 cm³/mol. The minimum absolute atomic E-state index is 0.0920. The van der Waals surface area contributed by atoms with Crippen LogP contribution in [0.25, 0.3) is 11.4 Å². The number of aromatic nitrogens is 3. The molecule has 128 valence electrons. The number of halogens is 1. The Kier molecular flexibility index (Phi) is 5.31. The third-order valence-electron chi connectivity index (χ3n) is 3.33. The lowest BCUT2D eigenvalue weighted by atomic mass is 10.2. The first-order valence-corrected chi connectivity index (χ1v) is 8.56. The highest BCUT2D eigenvalue weighted by Crippen LogP contribution is 2.23. The van der Waals surface area contributed by atoms with Crippen LogP contribution in [0.5, 0.6) is 5.75 Å². The van der Waals surface area contributed by atoms with Gasteiger partial charge in [0.1, 0.15) is 5.75 Å². The van der Waals surface area contributed by atoms with Gasteiger partial charge in [0.15, 0.2) is 5.82 Å². The van der Waals surface area contributed by atoms with Gasteiger partial charge in [-0.05, 0) is 44.3 Å². The first-order chi connectivity index (χ1) is 12.0. The Balaban J connectivity index is 1.98. The maximum Gasteiger partial charge on any atom is 0.216 e. The average molecular weight is 373 g/mol. The van der Waals surface area contributed by atoms with Crippen molar-refractivity contribution in [2.45, 2.75) is 20.0 Å². The summed E-state index contributed by atoms with van der Waals surface area (Å²) in [6.45, 7) is 3.97. The van der Waals surface area contributed by atoms with E-state index in [-0.39, 0.29) is 6.10 Å². The van der Waals surface area contributed by atoms with Crippen molar-refractivity contribution in [3.05, 3.63) is 63.9 Å². The second kappa shape index (κ2) is 7.63. The van der Waals surface area contributed by atoms with Gasteiger partial charge in [0, 0.05) is 16.1 Å². The zero-order valence-corrected chi connectivity index (χ0v) is 15.4. The van der Waals surface area contributed by atoms with Gasteiger partial charge in [-0.1, -0.05) is 41.9 Å². The molecule has 0 saturated heterocycles. The van der Waals surface area contributed by atoms with E-state index in [0.29, 0.717) is 15.6 Å². The van der Waals surface area contributed by atoms with Crippen LogP contribution >= 0.6 is 23.8 Å². The second-order valence-electron chi connectivity index (χ2n) is 5.62. The molecule has 1 N–H and O–H groups in total. The Bertz CT molecular complexity index is 961. The summed E-state index contributed by atoms with van der Waals surface area (Å²) in [4.78, 5) is 0. The van der Waals surface area contributed by atoms with E-state index in [1.807, 2.05) is 62.4 Å². The van der Waals surface area contributed by atoms with Gasteiger partial charge in [0.25, 0.3) is 0 Å². The summed E-state index contributed by atoms with van der Waals surface area (Å²) in [6, 6.07) is 15.1. The Morgan fingerprint density at radius 1 is 1.24 bits per heavy atom. The van der Waals surface area contributed by atoms with Crippen LogP contribution in [-0.4, -0.2) is 27.2 Å². The Morgan fingerprint density at radius 2 is 2.04 bits per heavy atom. The lowest BCUT2D eigenvalue weighted by Crippen LogP contribution is -2.05. The van der Waals surface area contributed by atoms with Crippen molar-refractivity contribution in [2.24, 2.45) is 5.10 Å². The number of aromatic amines is 1. The fourth-order valence-corrected chi connectivity index (χ4v) is 2.63. The van der Waals surface area contributed by atoms with E-state index < -0.39 is 0 Å². The molecule has 3 aromatic rings. The number of hydrogen-bond donors (Lipinski definition) is 1. The van der Waals surface area contributed by atoms with Crippen molar-refractivity contribution in [1.29, 1.82) is 0 Å². The Labute approximate surface area is 155 Å². The first-order valence-electron chi connectivity index (χ1n) is 7.78. The molecule has 0 atom stereocenters. The molecule has 7 heteroatoms. The standard InChI is InChI=1S/C18H17ClN4OS/c1-12(2)24-15-8-5-7-13(10-15)17-21-22-18(25)23(17)20-11-14-6-3-4-9-16(14)19/h3-12H,1-2H3,(H,22,25). The van der Waals surface area contributed by atoms with E-state index >= 15 is 0 Å². The molecule has 0 saturated carbocycles. The van der Waals surface area contributed by atoms with Gasteiger partial charge < -0.3 is 4.74 Å². The fraction of sp³-hybridized carbons (Fsp3) is 0.167. The molecule has 0 bridgehead atoms. The highest BCUT2D eigenvalue weighted by Gasteiger charge is 2.10. The van der Waals surface area contributed by atoms with E-state index in [1.165, 1.54) is 0 Å². The third-order valence-corrected chi connectivity index (χ3v) is 3.94. The van der Waals surface area contributed by atoms with Crippen LogP contribution in [0.3, 0.4) is 0 Å². The molecule has 1 aromatic heterocycles. The molecule has 5 nitrogen and oxygen atoms in total. The van der Waals surface area contributed by atoms with Gasteiger partial charge in [0.2, 0.25) is 4.77 Å². The van der Waals surface area contributed by atoms with E-state index in [0.717, 1.165) is 16.9 Å². The molecule has 0 radical (unpaired) electrons. The van der Waals surface area contributed by atoms with Gasteiger partial charge in [-0.3, -0.25) is 0 Å². The SMILES string of the molecule is CC(C)Oc1cccc(-c2n[nH]c(=S)n2N=Cc2ccccc2Cl)c1. The zero-order chi connectivity index (χ0) is 17.8. The highest BCUT2D eigenvalue weighted by molar-refractivity contribution is 7.71. The molecular weight excluding hydrogens is 356 g/mol. The number of nitrogens with one attached hydrogen (secondary N) is 1. The van der Waals surface area contributed by atoms with E-state index in [9.17, 15) is 0 Å². The first kappa shape index (κ1) is 17.4. The monoisotopic (exact) mass is 372 g/mol. The van der Waals surface area contributed by atoms with E-state index in [4.69, 9.17) is 28.6 Å². The number of hydrogen-bond acceptors (Lipinski definition) is 4. The average Bonchev–Trinajstić information content (AvgIpc) is 2.95. The Morgan fingerprint density at radius 3 is 2.80 bits per heavy atom. The smallest absolute Gasteiger partial charge is 0.216 e. The summed E-state index contributed by atoms with van der Waals surface area (Å²) in [5.41, 5.74) is 1.65. The van der Waals surface area contributed by atoms with Crippen LogP contribution in [0.15, 0.2) is 53.6 Å². The second-order valence-corrected chi connectivity index (χ2v) is 6.42.